The number of aromatic nitrogens is 1. The first-order valence-corrected chi connectivity index (χ1v) is 8.93. The van der Waals surface area contributed by atoms with Crippen molar-refractivity contribution < 1.29 is 13.2 Å². The molecule has 112 valence electrons. The Morgan fingerprint density at radius 3 is 2.55 bits per heavy atom. The number of rotatable bonds is 5. The molecule has 1 aromatic heterocycles. The minimum atomic E-state index is -3.83. The molecule has 1 saturated carbocycles. The number of carbonyl (C=O) groups excluding carboxylic acids is 1. The topological polar surface area (TPSA) is 59.4 Å². The Kier molecular flexibility index (Phi) is 4.16. The predicted molar refractivity (Wildman–Crippen MR) is 77.5 cm³/mol. The van der Waals surface area contributed by atoms with Gasteiger partial charge in [0.15, 0.2) is 0 Å². The summed E-state index contributed by atoms with van der Waals surface area (Å²) in [5.41, 5.74) is 0.363. The van der Waals surface area contributed by atoms with E-state index in [1.54, 1.807) is 16.5 Å². The molecule has 0 bridgehead atoms. The second-order valence-corrected chi connectivity index (χ2v) is 8.19. The van der Waals surface area contributed by atoms with Crippen molar-refractivity contribution in [3.63, 3.8) is 0 Å². The van der Waals surface area contributed by atoms with Gasteiger partial charge in [0.25, 0.3) is 15.0 Å². The highest BCUT2D eigenvalue weighted by Crippen LogP contribution is 2.30. The average molecular weight is 319 g/mol. The molecule has 20 heavy (non-hydrogen) atoms. The molecule has 7 heteroatoms. The molecule has 0 radical (unpaired) electrons. The summed E-state index contributed by atoms with van der Waals surface area (Å²) in [6, 6.07) is 1.34. The van der Waals surface area contributed by atoms with Gasteiger partial charge in [0, 0.05) is 36.5 Å². The van der Waals surface area contributed by atoms with Crippen molar-refractivity contribution in [3.05, 3.63) is 18.0 Å². The summed E-state index contributed by atoms with van der Waals surface area (Å²) in [6.07, 6.45) is 3.74. The summed E-state index contributed by atoms with van der Waals surface area (Å²) in [7, 11) is 3.28. The van der Waals surface area contributed by atoms with E-state index in [2.05, 4.69) is 0 Å². The van der Waals surface area contributed by atoms with E-state index in [0.717, 1.165) is 12.8 Å². The summed E-state index contributed by atoms with van der Waals surface area (Å²) >= 11 is 0. The molecule has 1 aliphatic carbocycles. The van der Waals surface area contributed by atoms with E-state index in [0.29, 0.717) is 18.2 Å². The van der Waals surface area contributed by atoms with Gasteiger partial charge < -0.3 is 9.47 Å². The third-order valence-corrected chi connectivity index (χ3v) is 4.78. The smallest absolute Gasteiger partial charge is 0.270 e. The summed E-state index contributed by atoms with van der Waals surface area (Å²) < 4.78 is 24.5. The molecule has 1 fully saturated rings. The predicted octanol–water partition coefficient (Wildman–Crippen LogP) is 2.48. The van der Waals surface area contributed by atoms with Crippen LogP contribution in [-0.2, 0) is 9.05 Å². The Bertz CT molecular complexity index is 618. The lowest BCUT2D eigenvalue weighted by atomic mass is 10.3. The van der Waals surface area contributed by atoms with Crippen molar-refractivity contribution >= 4 is 25.6 Å². The van der Waals surface area contributed by atoms with Gasteiger partial charge in [-0.15, -0.1) is 0 Å². The number of nitrogens with zero attached hydrogens (tertiary/aromatic N) is 2. The van der Waals surface area contributed by atoms with E-state index in [9.17, 15) is 13.2 Å². The summed E-state index contributed by atoms with van der Waals surface area (Å²) in [5, 5.41) is 0. The number of amides is 1. The van der Waals surface area contributed by atoms with Crippen LogP contribution in [0.5, 0.6) is 0 Å². The number of halogens is 1. The zero-order valence-electron chi connectivity index (χ0n) is 11.8. The Balaban J connectivity index is 2.33. The van der Waals surface area contributed by atoms with Crippen molar-refractivity contribution in [2.45, 2.75) is 37.6 Å². The molecule has 0 saturated heterocycles. The minimum Gasteiger partial charge on any atom is -0.340 e. The molecule has 1 aliphatic rings. The zero-order valence-corrected chi connectivity index (χ0v) is 13.4. The number of hydrogen-bond donors (Lipinski definition) is 0. The first-order chi connectivity index (χ1) is 9.20. The van der Waals surface area contributed by atoms with Gasteiger partial charge in [-0.2, -0.15) is 0 Å². The van der Waals surface area contributed by atoms with Gasteiger partial charge in [-0.05, 0) is 38.7 Å². The van der Waals surface area contributed by atoms with E-state index in [1.165, 1.54) is 12.3 Å². The van der Waals surface area contributed by atoms with E-state index >= 15 is 0 Å². The van der Waals surface area contributed by atoms with Crippen LogP contribution in [0.4, 0.5) is 0 Å². The Labute approximate surface area is 123 Å². The maximum atomic E-state index is 12.4. The molecule has 0 aliphatic heterocycles. The maximum Gasteiger partial charge on any atom is 0.270 e. The van der Waals surface area contributed by atoms with Crippen molar-refractivity contribution in [2.75, 3.05) is 13.6 Å². The summed E-state index contributed by atoms with van der Waals surface area (Å²) in [4.78, 5) is 14.1. The van der Waals surface area contributed by atoms with Crippen LogP contribution >= 0.6 is 10.7 Å². The van der Waals surface area contributed by atoms with Gasteiger partial charge >= 0.3 is 0 Å². The lowest BCUT2D eigenvalue weighted by Crippen LogP contribution is -2.30. The second kappa shape index (κ2) is 5.41. The van der Waals surface area contributed by atoms with Crippen LogP contribution in [0.15, 0.2) is 17.2 Å². The van der Waals surface area contributed by atoms with E-state index in [-0.39, 0.29) is 16.8 Å². The zero-order chi connectivity index (χ0) is 15.1. The van der Waals surface area contributed by atoms with Gasteiger partial charge in [-0.1, -0.05) is 0 Å². The summed E-state index contributed by atoms with van der Waals surface area (Å²) in [5.74, 6) is 0.416. The maximum absolute atomic E-state index is 12.4. The van der Waals surface area contributed by atoms with Crippen molar-refractivity contribution in [3.8, 4) is 0 Å². The molecular weight excluding hydrogens is 300 g/mol. The molecule has 0 spiro atoms. The quantitative estimate of drug-likeness (QED) is 0.784. The van der Waals surface area contributed by atoms with Crippen LogP contribution in [0.3, 0.4) is 0 Å². The normalized spacial score (nSPS) is 15.7. The Morgan fingerprint density at radius 1 is 1.50 bits per heavy atom. The third-order valence-electron chi connectivity index (χ3n) is 3.46. The van der Waals surface area contributed by atoms with Crippen LogP contribution in [0.2, 0.25) is 0 Å². The van der Waals surface area contributed by atoms with Crippen molar-refractivity contribution in [2.24, 2.45) is 5.92 Å². The van der Waals surface area contributed by atoms with Gasteiger partial charge in [0.1, 0.15) is 10.6 Å². The van der Waals surface area contributed by atoms with Crippen molar-refractivity contribution in [1.29, 1.82) is 0 Å². The highest BCUT2D eigenvalue weighted by atomic mass is 35.7. The largest absolute Gasteiger partial charge is 0.340 e. The van der Waals surface area contributed by atoms with Gasteiger partial charge in [-0.25, -0.2) is 8.42 Å². The first kappa shape index (κ1) is 15.4. The van der Waals surface area contributed by atoms with Crippen LogP contribution in [0.25, 0.3) is 0 Å². The number of carbonyl (C=O) groups is 1. The average Bonchev–Trinajstić information content (AvgIpc) is 3.01. The van der Waals surface area contributed by atoms with Crippen LogP contribution < -0.4 is 0 Å². The molecular formula is C13H19ClN2O3S. The fraction of sp³-hybridized carbons (Fsp3) is 0.615. The lowest BCUT2D eigenvalue weighted by molar-refractivity contribution is 0.0776. The van der Waals surface area contributed by atoms with Crippen LogP contribution in [0.1, 0.15) is 43.2 Å². The molecule has 1 aromatic rings. The highest BCUT2D eigenvalue weighted by Gasteiger charge is 2.28. The van der Waals surface area contributed by atoms with Crippen molar-refractivity contribution in [1.82, 2.24) is 9.47 Å². The van der Waals surface area contributed by atoms with Gasteiger partial charge in [0.05, 0.1) is 0 Å². The monoisotopic (exact) mass is 318 g/mol. The number of hydrogen-bond acceptors (Lipinski definition) is 3. The molecule has 0 aromatic carbocycles. The molecule has 2 rings (SSSR count). The van der Waals surface area contributed by atoms with Crippen LogP contribution in [0, 0.1) is 5.92 Å². The van der Waals surface area contributed by atoms with E-state index in [4.69, 9.17) is 10.7 Å². The summed E-state index contributed by atoms with van der Waals surface area (Å²) in [6.45, 7) is 4.50. The molecule has 0 N–H and O–H groups in total. The standard InChI is InChI=1S/C13H19ClN2O3S/c1-9(2)16-8-11(20(14,18)19)6-12(16)13(17)15(3)7-10-4-5-10/h6,8-10H,4-5,7H2,1-3H3. The van der Waals surface area contributed by atoms with E-state index < -0.39 is 9.05 Å². The SMILES string of the molecule is CC(C)n1cc(S(=O)(=O)Cl)cc1C(=O)N(C)CC1CC1. The molecule has 0 atom stereocenters. The molecule has 1 amide bonds. The second-order valence-electron chi connectivity index (χ2n) is 5.63. The lowest BCUT2D eigenvalue weighted by Gasteiger charge is -2.19. The fourth-order valence-corrected chi connectivity index (χ4v) is 2.90. The molecule has 5 nitrogen and oxygen atoms in total. The Morgan fingerprint density at radius 2 is 2.10 bits per heavy atom. The highest BCUT2D eigenvalue weighted by molar-refractivity contribution is 8.13. The third kappa shape index (κ3) is 3.35. The van der Waals surface area contributed by atoms with Gasteiger partial charge in [-0.3, -0.25) is 4.79 Å². The van der Waals surface area contributed by atoms with E-state index in [1.807, 2.05) is 13.8 Å². The first-order valence-electron chi connectivity index (χ1n) is 6.62. The van der Waals surface area contributed by atoms with Crippen LogP contribution in [-0.4, -0.2) is 37.4 Å². The molecule has 0 unspecified atom stereocenters. The fourth-order valence-electron chi connectivity index (χ4n) is 2.15. The minimum absolute atomic E-state index is 0.0181. The van der Waals surface area contributed by atoms with Gasteiger partial charge in [0.2, 0.25) is 0 Å². The Hall–Kier alpha value is -1.01. The molecule has 1 heterocycles.